The van der Waals surface area contributed by atoms with Crippen molar-refractivity contribution in [1.82, 2.24) is 0 Å². The van der Waals surface area contributed by atoms with Crippen molar-refractivity contribution in [2.45, 2.75) is 11.8 Å². The van der Waals surface area contributed by atoms with Gasteiger partial charge in [0.2, 0.25) is 0 Å². The number of sulfonamides is 1. The van der Waals surface area contributed by atoms with Gasteiger partial charge in [0.1, 0.15) is 27.2 Å². The van der Waals surface area contributed by atoms with E-state index in [0.717, 1.165) is 5.69 Å². The van der Waals surface area contributed by atoms with E-state index >= 15 is 0 Å². The van der Waals surface area contributed by atoms with Crippen LogP contribution in [0, 0.1) is 0 Å². The molecule has 1 heterocycles. The van der Waals surface area contributed by atoms with E-state index in [2.05, 4.69) is 20.3 Å². The number of nitrogens with one attached hydrogen (secondary N) is 3. The zero-order valence-corrected chi connectivity index (χ0v) is 18.6. The molecule has 0 bridgehead atoms. The quantitative estimate of drug-likeness (QED) is 0.489. The Morgan fingerprint density at radius 2 is 1.90 bits per heavy atom. The summed E-state index contributed by atoms with van der Waals surface area (Å²) >= 11 is 5.31. The first-order valence-corrected chi connectivity index (χ1v) is 11.2. The molecule has 0 spiro atoms. The summed E-state index contributed by atoms with van der Waals surface area (Å²) in [6.45, 7) is 2.40. The Bertz CT molecular complexity index is 1140. The molecule has 0 aliphatic carbocycles. The molecule has 0 aliphatic rings. The summed E-state index contributed by atoms with van der Waals surface area (Å²) in [5, 5.41) is 6.34. The summed E-state index contributed by atoms with van der Waals surface area (Å²) in [4.78, 5) is 2.95. The number of anilines is 2. The average Bonchev–Trinajstić information content (AvgIpc) is 2.76. The third-order valence-corrected chi connectivity index (χ3v) is 5.56. The van der Waals surface area contributed by atoms with Crippen LogP contribution in [0.5, 0.6) is 11.5 Å². The second-order valence-electron chi connectivity index (χ2n) is 6.23. The Labute approximate surface area is 186 Å². The number of H-pyrrole nitrogens is 1. The molecule has 0 atom stereocenters. The molecule has 3 N–H and O–H groups in total. The monoisotopic (exact) mass is 458 g/mol. The molecule has 31 heavy (non-hydrogen) atoms. The number of thiocarbonyl (C=S) groups is 1. The summed E-state index contributed by atoms with van der Waals surface area (Å²) in [5.41, 5.74) is 1.59. The maximum atomic E-state index is 12.7. The average molecular weight is 459 g/mol. The van der Waals surface area contributed by atoms with Crippen LogP contribution in [-0.4, -0.2) is 27.2 Å². The predicted octanol–water partition coefficient (Wildman–Crippen LogP) is 4.11. The predicted molar refractivity (Wildman–Crippen MR) is 124 cm³/mol. The van der Waals surface area contributed by atoms with Gasteiger partial charge in [-0.2, -0.15) is 0 Å². The van der Waals surface area contributed by atoms with Gasteiger partial charge in [-0.25, -0.2) is 13.4 Å². The lowest BCUT2D eigenvalue weighted by Gasteiger charge is -2.23. The second kappa shape index (κ2) is 10.1. The minimum atomic E-state index is -3.94. The minimum absolute atomic E-state index is 0.000298. The molecule has 0 aliphatic heterocycles. The fraction of sp³-hybridized carbons (Fsp3) is 0.143. The van der Waals surface area contributed by atoms with Gasteiger partial charge in [0.05, 0.1) is 24.3 Å². The highest BCUT2D eigenvalue weighted by molar-refractivity contribution is 7.94. The van der Waals surface area contributed by atoms with Crippen molar-refractivity contribution in [3.05, 3.63) is 71.7 Å². The fourth-order valence-corrected chi connectivity index (χ4v) is 3.88. The number of rotatable bonds is 8. The van der Waals surface area contributed by atoms with Gasteiger partial charge in [-0.15, -0.1) is 5.69 Å². The first kappa shape index (κ1) is 22.3. The molecule has 0 saturated heterocycles. The van der Waals surface area contributed by atoms with E-state index in [9.17, 15) is 8.42 Å². The molecule has 0 fully saturated rings. The van der Waals surface area contributed by atoms with Gasteiger partial charge < -0.3 is 24.8 Å². The van der Waals surface area contributed by atoms with Crippen molar-refractivity contribution in [1.29, 1.82) is 0 Å². The molecule has 162 valence electrons. The lowest BCUT2D eigenvalue weighted by Crippen LogP contribution is -2.20. The number of aromatic nitrogens is 1. The smallest absolute Gasteiger partial charge is 0.190 e. The highest BCUT2D eigenvalue weighted by atomic mass is 32.2. The van der Waals surface area contributed by atoms with Crippen LogP contribution in [0.15, 0.2) is 71.9 Å². The Morgan fingerprint density at radius 3 is 2.55 bits per heavy atom. The summed E-state index contributed by atoms with van der Waals surface area (Å²) in [6, 6.07) is 14.6. The molecule has 0 unspecified atom stereocenters. The minimum Gasteiger partial charge on any atom is -0.573 e. The number of benzene rings is 2. The lowest BCUT2D eigenvalue weighted by atomic mass is 10.3. The topological polar surface area (TPSA) is 105 Å². The van der Waals surface area contributed by atoms with E-state index in [1.807, 2.05) is 19.1 Å². The number of ether oxygens (including phenoxy) is 2. The van der Waals surface area contributed by atoms with Crippen molar-refractivity contribution >= 4 is 44.4 Å². The van der Waals surface area contributed by atoms with Gasteiger partial charge in [-0.05, 0) is 55.5 Å². The van der Waals surface area contributed by atoms with Crippen molar-refractivity contribution in [2.24, 2.45) is 0 Å². The van der Waals surface area contributed by atoms with Crippen LogP contribution in [0.3, 0.4) is 0 Å². The normalized spacial score (nSPS) is 10.8. The van der Waals surface area contributed by atoms with E-state index < -0.39 is 10.0 Å². The molecule has 1 aromatic heterocycles. The fourth-order valence-electron chi connectivity index (χ4n) is 2.65. The molecule has 8 nitrogen and oxygen atoms in total. The highest BCUT2D eigenvalue weighted by Crippen LogP contribution is 2.33. The summed E-state index contributed by atoms with van der Waals surface area (Å²) in [5.74, 6) is 0.959. The highest BCUT2D eigenvalue weighted by Gasteiger charge is 2.12. The van der Waals surface area contributed by atoms with Gasteiger partial charge in [-0.1, -0.05) is 12.1 Å². The van der Waals surface area contributed by atoms with E-state index in [-0.39, 0.29) is 4.90 Å². The Hall–Kier alpha value is -3.37. The molecule has 10 heteroatoms. The van der Waals surface area contributed by atoms with Crippen LogP contribution in [0.4, 0.5) is 17.1 Å². The van der Waals surface area contributed by atoms with Crippen molar-refractivity contribution in [2.75, 3.05) is 24.4 Å². The number of nitrogens with zero attached hydrogens (tertiary/aromatic N) is 1. The van der Waals surface area contributed by atoms with Gasteiger partial charge in [0.15, 0.2) is 17.5 Å². The molecule has 0 radical (unpaired) electrons. The van der Waals surface area contributed by atoms with Crippen LogP contribution in [0.1, 0.15) is 6.92 Å². The first-order chi connectivity index (χ1) is 14.9. The first-order valence-electron chi connectivity index (χ1n) is 9.34. The molecule has 0 amide bonds. The number of pyridine rings is 1. The number of hydrogen-bond donors (Lipinski definition) is 2. The molecular formula is C21H22N4O4S2. The van der Waals surface area contributed by atoms with Gasteiger partial charge >= 0.3 is 0 Å². The lowest BCUT2D eigenvalue weighted by molar-refractivity contribution is -0.377. The van der Waals surface area contributed by atoms with Crippen LogP contribution in [0.25, 0.3) is 4.72 Å². The van der Waals surface area contributed by atoms with Crippen molar-refractivity contribution in [3.8, 4) is 11.5 Å². The van der Waals surface area contributed by atoms with Crippen LogP contribution >= 0.6 is 12.2 Å². The van der Waals surface area contributed by atoms with E-state index in [1.165, 1.54) is 19.2 Å². The summed E-state index contributed by atoms with van der Waals surface area (Å²) in [6.07, 6.45) is 3.53. The number of hydrogen-bond acceptors (Lipinski definition) is 5. The zero-order chi connectivity index (χ0) is 22.3. The Morgan fingerprint density at radius 1 is 1.13 bits per heavy atom. The third-order valence-electron chi connectivity index (χ3n) is 4.06. The Balaban J connectivity index is 1.74. The number of methoxy groups -OCH3 is 1. The largest absolute Gasteiger partial charge is 0.573 e. The van der Waals surface area contributed by atoms with Gasteiger partial charge in [-0.3, -0.25) is 0 Å². The van der Waals surface area contributed by atoms with Gasteiger partial charge in [0.25, 0.3) is 0 Å². The molecular weight excluding hydrogens is 436 g/mol. The number of aromatic amines is 1. The Kier molecular flexibility index (Phi) is 7.27. The molecule has 2 aromatic carbocycles. The SMILES string of the molecule is CCOc1ccc([N-]S(=O)(=O)c2ccc(NC(=S)Nc3ccc[nH+]c3)c(OC)c2)cc1. The molecule has 3 aromatic rings. The summed E-state index contributed by atoms with van der Waals surface area (Å²) in [7, 11) is -2.49. The van der Waals surface area contributed by atoms with Crippen LogP contribution in [0.2, 0.25) is 0 Å². The second-order valence-corrected chi connectivity index (χ2v) is 8.24. The van der Waals surface area contributed by atoms with Crippen LogP contribution in [-0.2, 0) is 10.0 Å². The van der Waals surface area contributed by atoms with Crippen molar-refractivity contribution in [3.63, 3.8) is 0 Å². The maximum absolute atomic E-state index is 12.7. The third kappa shape index (κ3) is 6.06. The van der Waals surface area contributed by atoms with Gasteiger partial charge in [0, 0.05) is 6.07 Å². The summed E-state index contributed by atoms with van der Waals surface area (Å²) < 4.78 is 40.1. The maximum Gasteiger partial charge on any atom is 0.190 e. The molecule has 3 rings (SSSR count). The van der Waals surface area contributed by atoms with E-state index in [0.29, 0.717) is 34.6 Å². The van der Waals surface area contributed by atoms with Crippen molar-refractivity contribution < 1.29 is 22.9 Å². The van der Waals surface area contributed by atoms with E-state index in [4.69, 9.17) is 21.7 Å². The standard InChI is InChI=1S/C21H21N4O4S2/c1-3-29-17-8-6-15(7-9-17)25-31(26,27)18-10-11-19(20(13-18)28-2)24-21(30)23-16-5-4-12-22-14-16/h4-14H,3H2,1-2H3,(H2,23,24,30)/q-1/p+1. The molecule has 0 saturated carbocycles. The van der Waals surface area contributed by atoms with E-state index in [1.54, 1.807) is 42.7 Å². The van der Waals surface area contributed by atoms with Crippen LogP contribution < -0.4 is 25.1 Å². The zero-order valence-electron chi connectivity index (χ0n) is 17.0.